The lowest BCUT2D eigenvalue weighted by molar-refractivity contribution is 0.0161. The molecule has 3 aromatic rings. The van der Waals surface area contributed by atoms with Crippen LogP contribution in [0.4, 0.5) is 4.39 Å². The summed E-state index contributed by atoms with van der Waals surface area (Å²) in [6.07, 6.45) is 0. The van der Waals surface area contributed by atoms with Gasteiger partial charge in [-0.05, 0) is 35.9 Å². The molecular weight excluding hydrogens is 429 g/mol. The second-order valence-electron chi connectivity index (χ2n) is 7.57. The molecule has 1 saturated heterocycles. The highest BCUT2D eigenvalue weighted by Crippen LogP contribution is 2.33. The van der Waals surface area contributed by atoms with E-state index in [-0.39, 0.29) is 30.0 Å². The number of carbonyl (C=O) groups excluding carboxylic acids is 1. The number of hydrogen-bond acceptors (Lipinski definition) is 7. The molecule has 4 rings (SSSR count). The third kappa shape index (κ3) is 5.32. The number of benzene rings is 2. The average Bonchev–Trinajstić information content (AvgIpc) is 3.35. The van der Waals surface area contributed by atoms with E-state index in [0.717, 1.165) is 5.56 Å². The van der Waals surface area contributed by atoms with E-state index in [1.807, 2.05) is 6.07 Å². The Labute approximate surface area is 191 Å². The summed E-state index contributed by atoms with van der Waals surface area (Å²) in [5.74, 6) is 0.867. The van der Waals surface area contributed by atoms with Crippen LogP contribution in [-0.4, -0.2) is 63.0 Å². The standard InChI is InChI=1S/C24H26FN3O5/c1-30-18-6-7-22(31-2)19(13-18)23-14-20(27-33-23)24(29)26-15-21(28-8-10-32-11-9-28)16-4-3-5-17(25)12-16/h3-7,12-14,21H,8-11,15H2,1-2H3,(H,26,29). The van der Waals surface area contributed by atoms with Crippen LogP contribution >= 0.6 is 0 Å². The maximum atomic E-state index is 13.9. The average molecular weight is 455 g/mol. The van der Waals surface area contributed by atoms with Gasteiger partial charge in [-0.1, -0.05) is 17.3 Å². The highest BCUT2D eigenvalue weighted by molar-refractivity contribution is 5.93. The quantitative estimate of drug-likeness (QED) is 0.558. The van der Waals surface area contributed by atoms with Crippen molar-refractivity contribution in [1.82, 2.24) is 15.4 Å². The molecule has 0 bridgehead atoms. The number of methoxy groups -OCH3 is 2. The van der Waals surface area contributed by atoms with E-state index in [1.54, 1.807) is 44.6 Å². The summed E-state index contributed by atoms with van der Waals surface area (Å²) < 4.78 is 35.4. The molecule has 2 aromatic carbocycles. The van der Waals surface area contributed by atoms with Crippen molar-refractivity contribution in [2.24, 2.45) is 0 Å². The summed E-state index contributed by atoms with van der Waals surface area (Å²) in [5, 5.41) is 6.83. The molecule has 0 radical (unpaired) electrons. The molecule has 1 amide bonds. The highest BCUT2D eigenvalue weighted by atomic mass is 19.1. The molecule has 1 aromatic heterocycles. The second kappa shape index (κ2) is 10.5. The molecule has 0 aliphatic carbocycles. The predicted octanol–water partition coefficient (Wildman–Crippen LogP) is 3.30. The highest BCUT2D eigenvalue weighted by Gasteiger charge is 2.25. The van der Waals surface area contributed by atoms with Gasteiger partial charge in [0, 0.05) is 25.7 Å². The molecule has 1 unspecified atom stereocenters. The third-order valence-electron chi connectivity index (χ3n) is 5.59. The summed E-state index contributed by atoms with van der Waals surface area (Å²) in [4.78, 5) is 15.0. The van der Waals surface area contributed by atoms with Crippen LogP contribution in [0.25, 0.3) is 11.3 Å². The van der Waals surface area contributed by atoms with Crippen LogP contribution in [0, 0.1) is 5.82 Å². The number of amides is 1. The van der Waals surface area contributed by atoms with Gasteiger partial charge in [0.1, 0.15) is 17.3 Å². The van der Waals surface area contributed by atoms with Crippen molar-refractivity contribution in [3.05, 3.63) is 65.6 Å². The van der Waals surface area contributed by atoms with Crippen LogP contribution in [0.5, 0.6) is 11.5 Å². The number of morpholine rings is 1. The van der Waals surface area contributed by atoms with Crippen LogP contribution in [0.3, 0.4) is 0 Å². The topological polar surface area (TPSA) is 86.1 Å². The largest absolute Gasteiger partial charge is 0.497 e. The van der Waals surface area contributed by atoms with Gasteiger partial charge in [-0.3, -0.25) is 9.69 Å². The van der Waals surface area contributed by atoms with E-state index >= 15 is 0 Å². The van der Waals surface area contributed by atoms with Gasteiger partial charge in [0.2, 0.25) is 0 Å². The molecule has 1 aliphatic heterocycles. The summed E-state index contributed by atoms with van der Waals surface area (Å²) >= 11 is 0. The maximum Gasteiger partial charge on any atom is 0.273 e. The van der Waals surface area contributed by atoms with Gasteiger partial charge in [0.15, 0.2) is 11.5 Å². The minimum atomic E-state index is -0.387. The molecule has 1 aliphatic rings. The first-order chi connectivity index (χ1) is 16.1. The molecule has 0 spiro atoms. The van der Waals surface area contributed by atoms with Crippen molar-refractivity contribution in [2.75, 3.05) is 47.1 Å². The lowest BCUT2D eigenvalue weighted by atomic mass is 10.0. The number of nitrogens with zero attached hydrogens (tertiary/aromatic N) is 2. The number of aromatic nitrogens is 1. The van der Waals surface area contributed by atoms with E-state index < -0.39 is 0 Å². The number of ether oxygens (including phenoxy) is 3. The molecule has 8 nitrogen and oxygen atoms in total. The summed E-state index contributed by atoms with van der Waals surface area (Å²) in [7, 11) is 3.11. The number of hydrogen-bond donors (Lipinski definition) is 1. The van der Waals surface area contributed by atoms with Crippen molar-refractivity contribution in [3.8, 4) is 22.8 Å². The van der Waals surface area contributed by atoms with Gasteiger partial charge in [-0.2, -0.15) is 0 Å². The minimum Gasteiger partial charge on any atom is -0.497 e. The van der Waals surface area contributed by atoms with Crippen molar-refractivity contribution >= 4 is 5.91 Å². The minimum absolute atomic E-state index is 0.134. The normalized spacial score (nSPS) is 15.1. The molecule has 1 fully saturated rings. The molecule has 0 saturated carbocycles. The fraction of sp³-hybridized carbons (Fsp3) is 0.333. The zero-order chi connectivity index (χ0) is 23.2. The van der Waals surface area contributed by atoms with E-state index in [9.17, 15) is 9.18 Å². The Morgan fingerprint density at radius 1 is 1.15 bits per heavy atom. The maximum absolute atomic E-state index is 13.9. The first-order valence-electron chi connectivity index (χ1n) is 10.6. The third-order valence-corrected chi connectivity index (χ3v) is 5.59. The predicted molar refractivity (Wildman–Crippen MR) is 119 cm³/mol. The first-order valence-corrected chi connectivity index (χ1v) is 10.6. The molecule has 33 heavy (non-hydrogen) atoms. The Kier molecular flexibility index (Phi) is 7.21. The van der Waals surface area contributed by atoms with Gasteiger partial charge in [-0.25, -0.2) is 4.39 Å². The Hall–Kier alpha value is -3.43. The van der Waals surface area contributed by atoms with Crippen molar-refractivity contribution in [1.29, 1.82) is 0 Å². The number of nitrogens with one attached hydrogen (secondary N) is 1. The monoisotopic (exact) mass is 455 g/mol. The molecule has 2 heterocycles. The van der Waals surface area contributed by atoms with E-state index in [2.05, 4.69) is 15.4 Å². The molecular formula is C24H26FN3O5. The second-order valence-corrected chi connectivity index (χ2v) is 7.57. The van der Waals surface area contributed by atoms with Gasteiger partial charge in [0.05, 0.1) is 39.0 Å². The SMILES string of the molecule is COc1ccc(OC)c(-c2cc(C(=O)NCC(c3cccc(F)c3)N3CCOCC3)no2)c1. The summed E-state index contributed by atoms with van der Waals surface area (Å²) in [5.41, 5.74) is 1.54. The molecule has 174 valence electrons. The van der Waals surface area contributed by atoms with Crippen LogP contribution < -0.4 is 14.8 Å². The van der Waals surface area contributed by atoms with E-state index in [1.165, 1.54) is 12.1 Å². The van der Waals surface area contributed by atoms with Crippen LogP contribution in [-0.2, 0) is 4.74 Å². The Balaban J connectivity index is 1.50. The van der Waals surface area contributed by atoms with Gasteiger partial charge in [-0.15, -0.1) is 0 Å². The Bertz CT molecular complexity index is 1100. The number of halogens is 1. The van der Waals surface area contributed by atoms with Gasteiger partial charge in [0.25, 0.3) is 5.91 Å². The zero-order valence-corrected chi connectivity index (χ0v) is 18.5. The van der Waals surface area contributed by atoms with E-state index in [0.29, 0.717) is 49.1 Å². The molecule has 9 heteroatoms. The number of carbonyl (C=O) groups is 1. The fourth-order valence-electron chi connectivity index (χ4n) is 3.86. The molecule has 1 atom stereocenters. The van der Waals surface area contributed by atoms with Crippen LogP contribution in [0.15, 0.2) is 53.1 Å². The van der Waals surface area contributed by atoms with E-state index in [4.69, 9.17) is 18.7 Å². The van der Waals surface area contributed by atoms with Crippen molar-refractivity contribution < 1.29 is 27.9 Å². The molecule has 1 N–H and O–H groups in total. The first kappa shape index (κ1) is 22.8. The lowest BCUT2D eigenvalue weighted by Crippen LogP contribution is -2.43. The summed E-state index contributed by atoms with van der Waals surface area (Å²) in [6, 6.07) is 13.1. The van der Waals surface area contributed by atoms with Crippen molar-refractivity contribution in [2.45, 2.75) is 6.04 Å². The zero-order valence-electron chi connectivity index (χ0n) is 18.5. The lowest BCUT2D eigenvalue weighted by Gasteiger charge is -2.34. The number of rotatable bonds is 8. The van der Waals surface area contributed by atoms with Gasteiger partial charge >= 0.3 is 0 Å². The fourth-order valence-corrected chi connectivity index (χ4v) is 3.86. The van der Waals surface area contributed by atoms with Crippen LogP contribution in [0.1, 0.15) is 22.1 Å². The van der Waals surface area contributed by atoms with Crippen molar-refractivity contribution in [3.63, 3.8) is 0 Å². The van der Waals surface area contributed by atoms with Crippen LogP contribution in [0.2, 0.25) is 0 Å². The Morgan fingerprint density at radius 2 is 1.97 bits per heavy atom. The Morgan fingerprint density at radius 3 is 2.70 bits per heavy atom. The smallest absolute Gasteiger partial charge is 0.273 e. The van der Waals surface area contributed by atoms with Gasteiger partial charge < -0.3 is 24.1 Å². The summed E-state index contributed by atoms with van der Waals surface area (Å²) in [6.45, 7) is 2.86.